The van der Waals surface area contributed by atoms with Crippen LogP contribution in [0.2, 0.25) is 0 Å². The summed E-state index contributed by atoms with van der Waals surface area (Å²) >= 11 is 2.55. The molecule has 0 aliphatic carbocycles. The van der Waals surface area contributed by atoms with Crippen LogP contribution in [0.1, 0.15) is 38.8 Å². The summed E-state index contributed by atoms with van der Waals surface area (Å²) in [5.41, 5.74) is 6.37. The first-order valence-corrected chi connectivity index (χ1v) is 7.40. The highest BCUT2D eigenvalue weighted by Crippen LogP contribution is 2.47. The maximum absolute atomic E-state index is 4.49. The first-order chi connectivity index (χ1) is 8.54. The van der Waals surface area contributed by atoms with Crippen molar-refractivity contribution in [2.45, 2.75) is 39.5 Å². The molecular formula is C12H14N4S2. The predicted octanol–water partition coefficient (Wildman–Crippen LogP) is 4.28. The van der Waals surface area contributed by atoms with Gasteiger partial charge < -0.3 is 0 Å². The number of benzene rings is 1. The van der Waals surface area contributed by atoms with Crippen molar-refractivity contribution in [3.05, 3.63) is 11.1 Å². The predicted molar refractivity (Wildman–Crippen MR) is 77.0 cm³/mol. The van der Waals surface area contributed by atoms with Gasteiger partial charge in [-0.15, -0.1) is 0 Å². The summed E-state index contributed by atoms with van der Waals surface area (Å²) in [6.07, 6.45) is 0.911. The van der Waals surface area contributed by atoms with Crippen molar-refractivity contribution in [1.29, 1.82) is 0 Å². The smallest absolute Gasteiger partial charge is 0.111 e. The number of hydrogen-bond donors (Lipinski definition) is 0. The Balaban J connectivity index is 2.51. The lowest BCUT2D eigenvalue weighted by Gasteiger charge is -2.22. The Hall–Kier alpha value is -1.14. The van der Waals surface area contributed by atoms with E-state index in [1.165, 1.54) is 34.2 Å². The number of aryl methyl sites for hydroxylation is 1. The molecule has 94 valence electrons. The molecule has 1 aliphatic heterocycles. The van der Waals surface area contributed by atoms with Crippen LogP contribution >= 0.6 is 11.7 Å². The van der Waals surface area contributed by atoms with E-state index in [0.29, 0.717) is 0 Å². The maximum atomic E-state index is 4.49. The van der Waals surface area contributed by atoms with Gasteiger partial charge in [-0.05, 0) is 11.8 Å². The van der Waals surface area contributed by atoms with E-state index in [4.69, 9.17) is 0 Å². The monoisotopic (exact) mass is 278 g/mol. The van der Waals surface area contributed by atoms with Gasteiger partial charge in [-0.25, -0.2) is 0 Å². The molecule has 0 radical (unpaired) electrons. The second-order valence-electron chi connectivity index (χ2n) is 5.38. The zero-order valence-corrected chi connectivity index (χ0v) is 12.4. The minimum absolute atomic E-state index is 0.00568. The summed E-state index contributed by atoms with van der Waals surface area (Å²) in [5, 5.41) is 0. The van der Waals surface area contributed by atoms with Crippen molar-refractivity contribution in [2.24, 2.45) is 8.73 Å². The van der Waals surface area contributed by atoms with Gasteiger partial charge in [0, 0.05) is 11.1 Å². The van der Waals surface area contributed by atoms with Crippen LogP contribution in [0.15, 0.2) is 8.73 Å². The highest BCUT2D eigenvalue weighted by molar-refractivity contribution is 7.58. The fourth-order valence-electron chi connectivity index (χ4n) is 2.37. The fourth-order valence-corrected chi connectivity index (χ4v) is 3.53. The number of aromatic nitrogens is 2. The van der Waals surface area contributed by atoms with Crippen molar-refractivity contribution in [3.63, 3.8) is 0 Å². The zero-order chi connectivity index (χ0) is 12.9. The molecular weight excluding hydrogens is 264 g/mol. The first kappa shape index (κ1) is 11.9. The van der Waals surface area contributed by atoms with E-state index in [9.17, 15) is 0 Å². The van der Waals surface area contributed by atoms with Crippen LogP contribution in [0.5, 0.6) is 0 Å². The fraction of sp³-hybridized carbons (Fsp3) is 0.500. The molecule has 3 rings (SSSR count). The van der Waals surface area contributed by atoms with Gasteiger partial charge in [0.15, 0.2) is 0 Å². The van der Waals surface area contributed by atoms with E-state index in [0.717, 1.165) is 28.8 Å². The SMILES string of the molecule is CCc1c2c(c(C(C)(C)C)c3nsnc13)N=S=N2. The zero-order valence-electron chi connectivity index (χ0n) is 10.8. The summed E-state index contributed by atoms with van der Waals surface area (Å²) in [5.74, 6) is 0. The maximum Gasteiger partial charge on any atom is 0.111 e. The van der Waals surface area contributed by atoms with Crippen LogP contribution in [0.25, 0.3) is 11.0 Å². The Morgan fingerprint density at radius 3 is 2.33 bits per heavy atom. The lowest BCUT2D eigenvalue weighted by molar-refractivity contribution is 0.596. The van der Waals surface area contributed by atoms with Gasteiger partial charge in [0.25, 0.3) is 0 Å². The Morgan fingerprint density at radius 1 is 1.00 bits per heavy atom. The van der Waals surface area contributed by atoms with E-state index in [1.54, 1.807) is 0 Å². The molecule has 6 heteroatoms. The van der Waals surface area contributed by atoms with Gasteiger partial charge in [-0.3, -0.25) is 0 Å². The van der Waals surface area contributed by atoms with Crippen molar-refractivity contribution < 1.29 is 0 Å². The lowest BCUT2D eigenvalue weighted by Crippen LogP contribution is -2.12. The molecule has 0 amide bonds. The van der Waals surface area contributed by atoms with E-state index < -0.39 is 0 Å². The minimum Gasteiger partial charge on any atom is -0.173 e. The third-order valence-electron chi connectivity index (χ3n) is 3.13. The number of rotatable bonds is 1. The summed E-state index contributed by atoms with van der Waals surface area (Å²) in [7, 11) is 0. The standard InChI is InChI=1S/C12H14N4S2/c1-5-6-8-10(15-17-13-8)7(12(2,3)4)11-9(6)14-18-16-11/h5H2,1-4H3. The Bertz CT molecular complexity index is 703. The van der Waals surface area contributed by atoms with E-state index in [1.807, 2.05) is 0 Å². The number of fused-ring (bicyclic) bond motifs is 2. The minimum atomic E-state index is -0.00568. The van der Waals surface area contributed by atoms with Crippen LogP contribution in [-0.2, 0) is 23.2 Å². The normalized spacial score (nSPS) is 14.0. The summed E-state index contributed by atoms with van der Waals surface area (Å²) < 4.78 is 17.9. The molecule has 18 heavy (non-hydrogen) atoms. The molecule has 2 aromatic rings. The Labute approximate surface area is 114 Å². The van der Waals surface area contributed by atoms with Crippen molar-refractivity contribution in [1.82, 2.24) is 8.75 Å². The molecule has 0 atom stereocenters. The molecule has 2 heterocycles. The van der Waals surface area contributed by atoms with Crippen molar-refractivity contribution in [3.8, 4) is 0 Å². The molecule has 4 nitrogen and oxygen atoms in total. The van der Waals surface area contributed by atoms with Gasteiger partial charge in [0.1, 0.15) is 22.4 Å². The molecule has 1 aromatic heterocycles. The molecule has 0 saturated heterocycles. The molecule has 1 aromatic carbocycles. The third-order valence-corrected chi connectivity index (χ3v) is 4.18. The Kier molecular flexibility index (Phi) is 2.60. The van der Waals surface area contributed by atoms with Gasteiger partial charge in [0.05, 0.1) is 23.1 Å². The van der Waals surface area contributed by atoms with Crippen LogP contribution in [0.3, 0.4) is 0 Å². The van der Waals surface area contributed by atoms with Crippen LogP contribution in [0, 0.1) is 0 Å². The first-order valence-electron chi connectivity index (χ1n) is 5.94. The third kappa shape index (κ3) is 1.55. The molecule has 0 fully saturated rings. The lowest BCUT2D eigenvalue weighted by atomic mass is 9.83. The van der Waals surface area contributed by atoms with Gasteiger partial charge >= 0.3 is 0 Å². The highest BCUT2D eigenvalue weighted by Gasteiger charge is 2.29. The topological polar surface area (TPSA) is 50.5 Å². The van der Waals surface area contributed by atoms with Crippen LogP contribution in [-0.4, -0.2) is 8.75 Å². The second-order valence-corrected chi connectivity index (χ2v) is 6.44. The van der Waals surface area contributed by atoms with Gasteiger partial charge in [-0.2, -0.15) is 17.5 Å². The molecule has 0 unspecified atom stereocenters. The summed E-state index contributed by atoms with van der Waals surface area (Å²) in [4.78, 5) is 0. The summed E-state index contributed by atoms with van der Waals surface area (Å²) in [6.45, 7) is 8.69. The molecule has 0 spiro atoms. The Morgan fingerprint density at radius 2 is 1.67 bits per heavy atom. The van der Waals surface area contributed by atoms with Crippen LogP contribution in [0.4, 0.5) is 11.4 Å². The van der Waals surface area contributed by atoms with E-state index in [-0.39, 0.29) is 5.41 Å². The largest absolute Gasteiger partial charge is 0.173 e. The summed E-state index contributed by atoms with van der Waals surface area (Å²) in [6, 6.07) is 0. The average Bonchev–Trinajstić information content (AvgIpc) is 2.90. The van der Waals surface area contributed by atoms with Gasteiger partial charge in [-0.1, -0.05) is 27.7 Å². The van der Waals surface area contributed by atoms with Crippen LogP contribution < -0.4 is 0 Å². The molecule has 0 N–H and O–H groups in total. The highest BCUT2D eigenvalue weighted by atomic mass is 32.1. The number of hydrogen-bond acceptors (Lipinski definition) is 5. The molecule has 1 aliphatic rings. The number of nitrogens with zero attached hydrogens (tertiary/aromatic N) is 4. The van der Waals surface area contributed by atoms with Gasteiger partial charge in [0.2, 0.25) is 0 Å². The second kappa shape index (κ2) is 3.93. The molecule has 0 saturated carbocycles. The quantitative estimate of drug-likeness (QED) is 0.667. The van der Waals surface area contributed by atoms with E-state index in [2.05, 4.69) is 45.2 Å². The van der Waals surface area contributed by atoms with Crippen molar-refractivity contribution in [2.75, 3.05) is 0 Å². The van der Waals surface area contributed by atoms with Crippen molar-refractivity contribution >= 4 is 45.5 Å². The molecule has 0 bridgehead atoms. The van der Waals surface area contributed by atoms with E-state index >= 15 is 0 Å². The average molecular weight is 278 g/mol.